The molecule has 1 fully saturated rings. The first-order valence-electron chi connectivity index (χ1n) is 6.38. The Bertz CT molecular complexity index is 374. The number of ether oxygens (including phenoxy) is 1. The van der Waals surface area contributed by atoms with Gasteiger partial charge in [0.15, 0.2) is 0 Å². The molecule has 17 heavy (non-hydrogen) atoms. The lowest BCUT2D eigenvalue weighted by Gasteiger charge is -2.06. The van der Waals surface area contributed by atoms with Crippen LogP contribution in [-0.2, 0) is 11.2 Å². The van der Waals surface area contributed by atoms with E-state index in [-0.39, 0.29) is 0 Å². The second-order valence-corrected chi connectivity index (χ2v) is 5.37. The van der Waals surface area contributed by atoms with E-state index in [0.717, 1.165) is 23.9 Å². The van der Waals surface area contributed by atoms with Gasteiger partial charge in [-0.1, -0.05) is 53.5 Å². The molecular weight excluding hydrogens is 276 g/mol. The van der Waals surface area contributed by atoms with Crippen LogP contribution in [0, 0.1) is 0 Å². The lowest BCUT2D eigenvalue weighted by atomic mass is 10.1. The van der Waals surface area contributed by atoms with E-state index in [9.17, 15) is 0 Å². The molecule has 0 bridgehead atoms. The highest BCUT2D eigenvalue weighted by Gasteiger charge is 2.13. The minimum Gasteiger partial charge on any atom is -0.374 e. The van der Waals surface area contributed by atoms with Gasteiger partial charge in [0.25, 0.3) is 0 Å². The summed E-state index contributed by atoms with van der Waals surface area (Å²) in [7, 11) is 0. The fourth-order valence-corrected chi connectivity index (χ4v) is 2.67. The summed E-state index contributed by atoms with van der Waals surface area (Å²) < 4.78 is 6.75. The van der Waals surface area contributed by atoms with Crippen molar-refractivity contribution in [2.75, 3.05) is 6.61 Å². The highest BCUT2D eigenvalue weighted by atomic mass is 79.9. The first kappa shape index (κ1) is 12.8. The van der Waals surface area contributed by atoms with Crippen LogP contribution in [0.3, 0.4) is 0 Å². The Hall–Kier alpha value is -0.600. The van der Waals surface area contributed by atoms with Crippen LogP contribution in [0.4, 0.5) is 0 Å². The molecule has 92 valence electrons. The van der Waals surface area contributed by atoms with Crippen LogP contribution in [0.25, 0.3) is 4.48 Å². The molecule has 1 aromatic rings. The largest absolute Gasteiger partial charge is 0.374 e. The second kappa shape index (κ2) is 6.36. The molecule has 1 unspecified atom stereocenters. The first-order chi connectivity index (χ1) is 8.29. The van der Waals surface area contributed by atoms with E-state index in [1.165, 1.54) is 24.0 Å². The van der Waals surface area contributed by atoms with Gasteiger partial charge in [-0.3, -0.25) is 0 Å². The van der Waals surface area contributed by atoms with Gasteiger partial charge in [-0.05, 0) is 36.5 Å². The lowest BCUT2D eigenvalue weighted by molar-refractivity contribution is 0.146. The van der Waals surface area contributed by atoms with Crippen LogP contribution in [-0.4, -0.2) is 12.7 Å². The number of rotatable bonds is 4. The van der Waals surface area contributed by atoms with Gasteiger partial charge in [0.1, 0.15) is 0 Å². The standard InChI is InChI=1S/C15H19BrO/c1-2-4-12-6-8-13(9-7-12)15(16)11-14-5-3-10-17-14/h6-9,11,14H,2-5,10H2,1H3/b15-11-. The molecule has 2 heteroatoms. The molecule has 0 spiro atoms. The van der Waals surface area contributed by atoms with Crippen molar-refractivity contribution in [3.05, 3.63) is 41.5 Å². The maximum absolute atomic E-state index is 5.60. The first-order valence-corrected chi connectivity index (χ1v) is 7.17. The van der Waals surface area contributed by atoms with E-state index < -0.39 is 0 Å². The van der Waals surface area contributed by atoms with Gasteiger partial charge in [0.2, 0.25) is 0 Å². The molecule has 2 rings (SSSR count). The summed E-state index contributed by atoms with van der Waals surface area (Å²) in [6.45, 7) is 3.11. The van der Waals surface area contributed by atoms with E-state index >= 15 is 0 Å². The quantitative estimate of drug-likeness (QED) is 0.791. The van der Waals surface area contributed by atoms with E-state index in [0.29, 0.717) is 6.10 Å². The Morgan fingerprint density at radius 3 is 2.76 bits per heavy atom. The van der Waals surface area contributed by atoms with Crippen LogP contribution >= 0.6 is 15.9 Å². The molecule has 1 saturated heterocycles. The van der Waals surface area contributed by atoms with Gasteiger partial charge in [-0.15, -0.1) is 0 Å². The van der Waals surface area contributed by atoms with Crippen LogP contribution in [0.2, 0.25) is 0 Å². The van der Waals surface area contributed by atoms with E-state index in [4.69, 9.17) is 4.74 Å². The van der Waals surface area contributed by atoms with Gasteiger partial charge in [-0.2, -0.15) is 0 Å². The zero-order valence-electron chi connectivity index (χ0n) is 10.3. The topological polar surface area (TPSA) is 9.23 Å². The monoisotopic (exact) mass is 294 g/mol. The molecule has 0 aromatic heterocycles. The van der Waals surface area contributed by atoms with Crippen molar-refractivity contribution < 1.29 is 4.74 Å². The van der Waals surface area contributed by atoms with Crippen molar-refractivity contribution in [1.29, 1.82) is 0 Å². The molecule has 1 aliphatic rings. The summed E-state index contributed by atoms with van der Waals surface area (Å²) in [5.41, 5.74) is 2.65. The summed E-state index contributed by atoms with van der Waals surface area (Å²) >= 11 is 3.64. The SMILES string of the molecule is CCCc1ccc(/C(Br)=C/C2CCCO2)cc1. The summed E-state index contributed by atoms with van der Waals surface area (Å²) in [4.78, 5) is 0. The smallest absolute Gasteiger partial charge is 0.0770 e. The molecule has 0 amide bonds. The molecule has 1 nitrogen and oxygen atoms in total. The van der Waals surface area contributed by atoms with E-state index in [1.807, 2.05) is 0 Å². The second-order valence-electron chi connectivity index (χ2n) is 4.51. The number of benzene rings is 1. The van der Waals surface area contributed by atoms with E-state index in [1.54, 1.807) is 0 Å². The Kier molecular flexibility index (Phi) is 4.81. The Balaban J connectivity index is 2.05. The molecule has 0 N–H and O–H groups in total. The number of hydrogen-bond acceptors (Lipinski definition) is 1. The molecule has 0 saturated carbocycles. The van der Waals surface area contributed by atoms with Gasteiger partial charge >= 0.3 is 0 Å². The number of aryl methyl sites for hydroxylation is 1. The fraction of sp³-hybridized carbons (Fsp3) is 0.467. The third-order valence-electron chi connectivity index (χ3n) is 3.07. The van der Waals surface area contributed by atoms with Gasteiger partial charge in [0.05, 0.1) is 6.10 Å². The van der Waals surface area contributed by atoms with Gasteiger partial charge in [0, 0.05) is 11.1 Å². The molecule has 1 aromatic carbocycles. The van der Waals surface area contributed by atoms with Crippen molar-refractivity contribution in [2.24, 2.45) is 0 Å². The van der Waals surface area contributed by atoms with Crippen molar-refractivity contribution in [3.8, 4) is 0 Å². The predicted octanol–water partition coefficient (Wildman–Crippen LogP) is 4.55. The normalized spacial score (nSPS) is 20.8. The van der Waals surface area contributed by atoms with Crippen LogP contribution in [0.5, 0.6) is 0 Å². The third kappa shape index (κ3) is 3.68. The molecule has 0 radical (unpaired) electrons. The highest BCUT2D eigenvalue weighted by molar-refractivity contribution is 9.15. The third-order valence-corrected chi connectivity index (χ3v) is 3.79. The molecule has 0 aliphatic carbocycles. The Labute approximate surface area is 112 Å². The van der Waals surface area contributed by atoms with Crippen molar-refractivity contribution in [3.63, 3.8) is 0 Å². The van der Waals surface area contributed by atoms with Crippen molar-refractivity contribution in [2.45, 2.75) is 38.7 Å². The average Bonchev–Trinajstić information content (AvgIpc) is 2.83. The van der Waals surface area contributed by atoms with Crippen LogP contribution in [0.15, 0.2) is 30.3 Å². The summed E-state index contributed by atoms with van der Waals surface area (Å²) in [6.07, 6.45) is 7.15. The molecule has 1 heterocycles. The lowest BCUT2D eigenvalue weighted by Crippen LogP contribution is -1.99. The number of hydrogen-bond donors (Lipinski definition) is 0. The summed E-state index contributed by atoms with van der Waals surface area (Å²) in [5, 5.41) is 0. The highest BCUT2D eigenvalue weighted by Crippen LogP contribution is 2.25. The Morgan fingerprint density at radius 2 is 2.18 bits per heavy atom. The summed E-state index contributed by atoms with van der Waals surface area (Å²) in [6, 6.07) is 8.79. The maximum Gasteiger partial charge on any atom is 0.0770 e. The zero-order valence-corrected chi connectivity index (χ0v) is 11.9. The fourth-order valence-electron chi connectivity index (χ4n) is 2.11. The minimum atomic E-state index is 0.291. The van der Waals surface area contributed by atoms with Crippen molar-refractivity contribution in [1.82, 2.24) is 0 Å². The van der Waals surface area contributed by atoms with Gasteiger partial charge in [-0.25, -0.2) is 0 Å². The zero-order chi connectivity index (χ0) is 12.1. The minimum absolute atomic E-state index is 0.291. The Morgan fingerprint density at radius 1 is 1.41 bits per heavy atom. The van der Waals surface area contributed by atoms with Gasteiger partial charge < -0.3 is 4.74 Å². The number of halogens is 1. The summed E-state index contributed by atoms with van der Waals surface area (Å²) in [5.74, 6) is 0. The molecular formula is C15H19BrO. The van der Waals surface area contributed by atoms with Crippen LogP contribution in [0.1, 0.15) is 37.3 Å². The average molecular weight is 295 g/mol. The van der Waals surface area contributed by atoms with E-state index in [2.05, 4.69) is 53.2 Å². The van der Waals surface area contributed by atoms with Crippen LogP contribution < -0.4 is 0 Å². The van der Waals surface area contributed by atoms with Crippen molar-refractivity contribution >= 4 is 20.4 Å². The predicted molar refractivity (Wildman–Crippen MR) is 76.3 cm³/mol. The molecule has 1 aliphatic heterocycles. The molecule has 1 atom stereocenters. The maximum atomic E-state index is 5.60.